The van der Waals surface area contributed by atoms with E-state index in [0.717, 1.165) is 46.4 Å². The van der Waals surface area contributed by atoms with Gasteiger partial charge in [0.25, 0.3) is 0 Å². The Labute approximate surface area is 184 Å². The zero-order valence-corrected chi connectivity index (χ0v) is 17.5. The largest absolute Gasteiger partial charge is 0.478 e. The molecule has 1 atom stereocenters. The number of imidazole rings is 1. The van der Waals surface area contributed by atoms with E-state index in [1.54, 1.807) is 6.33 Å². The second-order valence-corrected chi connectivity index (χ2v) is 7.42. The lowest BCUT2D eigenvalue weighted by molar-refractivity contribution is -0.134. The molecule has 0 saturated carbocycles. The van der Waals surface area contributed by atoms with E-state index in [-0.39, 0.29) is 11.7 Å². The Kier molecular flexibility index (Phi) is 6.90. The minimum absolute atomic E-state index is 0.00964. The highest BCUT2D eigenvalue weighted by Crippen LogP contribution is 2.35. The number of Topliss-reactive ketones (excluding diaryl/α,β-unsaturated/α-hetero) is 1. The summed E-state index contributed by atoms with van der Waals surface area (Å²) in [5.74, 6) is 0.423. The molecule has 8 nitrogen and oxygen atoms in total. The fraction of sp³-hybridized carbons (Fsp3) is 0.250. The van der Waals surface area contributed by atoms with Crippen LogP contribution in [0.4, 0.5) is 0 Å². The molecule has 1 aromatic carbocycles. The van der Waals surface area contributed by atoms with E-state index in [1.165, 1.54) is 0 Å². The Balaban J connectivity index is 0.000000312. The minimum Gasteiger partial charge on any atom is -0.478 e. The first-order valence-corrected chi connectivity index (χ1v) is 10.0. The topological polar surface area (TPSA) is 125 Å². The smallest absolute Gasteiger partial charge is 0.328 e. The molecule has 0 spiro atoms. The van der Waals surface area contributed by atoms with Crippen LogP contribution in [-0.2, 0) is 29.0 Å². The van der Waals surface area contributed by atoms with Crippen LogP contribution in [0.3, 0.4) is 0 Å². The van der Waals surface area contributed by atoms with E-state index >= 15 is 0 Å². The fourth-order valence-corrected chi connectivity index (χ4v) is 3.97. The van der Waals surface area contributed by atoms with Gasteiger partial charge in [0.1, 0.15) is 0 Å². The van der Waals surface area contributed by atoms with Gasteiger partial charge in [0.15, 0.2) is 5.78 Å². The number of benzene rings is 1. The molecule has 32 heavy (non-hydrogen) atoms. The number of carbonyl (C=O) groups excluding carboxylic acids is 1. The molecule has 0 radical (unpaired) electrons. The summed E-state index contributed by atoms with van der Waals surface area (Å²) in [5.41, 5.74) is 5.05. The predicted molar refractivity (Wildman–Crippen MR) is 118 cm³/mol. The van der Waals surface area contributed by atoms with Crippen LogP contribution in [0.15, 0.2) is 42.7 Å². The van der Waals surface area contributed by atoms with Crippen molar-refractivity contribution in [3.63, 3.8) is 0 Å². The number of carboxylic acid groups (broad SMARTS) is 2. The number of aromatic nitrogens is 3. The van der Waals surface area contributed by atoms with Gasteiger partial charge in [-0.3, -0.25) is 4.79 Å². The van der Waals surface area contributed by atoms with E-state index in [2.05, 4.69) is 20.5 Å². The maximum absolute atomic E-state index is 13.2. The number of carboxylic acids is 2. The van der Waals surface area contributed by atoms with Crippen LogP contribution in [0.5, 0.6) is 0 Å². The number of hydrogen-bond acceptors (Lipinski definition) is 4. The van der Waals surface area contributed by atoms with Gasteiger partial charge >= 0.3 is 11.9 Å². The Morgan fingerprint density at radius 2 is 1.97 bits per heavy atom. The molecular weight excluding hydrogens is 410 g/mol. The Bertz CT molecular complexity index is 1230. The van der Waals surface area contributed by atoms with Crippen LogP contribution in [0.2, 0.25) is 0 Å². The van der Waals surface area contributed by atoms with Crippen LogP contribution < -0.4 is 0 Å². The van der Waals surface area contributed by atoms with Crippen molar-refractivity contribution in [1.29, 1.82) is 0 Å². The highest BCUT2D eigenvalue weighted by molar-refractivity contribution is 6.11. The first-order chi connectivity index (χ1) is 15.3. The second-order valence-electron chi connectivity index (χ2n) is 7.42. The average Bonchev–Trinajstić information content (AvgIpc) is 3.31. The molecule has 1 aliphatic carbocycles. The van der Waals surface area contributed by atoms with Gasteiger partial charge in [-0.1, -0.05) is 24.1 Å². The van der Waals surface area contributed by atoms with Crippen molar-refractivity contribution in [1.82, 2.24) is 14.5 Å². The number of ketones is 1. The number of hydrogen-bond donors (Lipinski definition) is 3. The molecule has 0 amide bonds. The average molecular weight is 433 g/mol. The number of rotatable bonds is 5. The monoisotopic (exact) mass is 433 g/mol. The number of aromatic amines is 1. The molecule has 0 saturated heterocycles. The lowest BCUT2D eigenvalue weighted by Crippen LogP contribution is -2.25. The van der Waals surface area contributed by atoms with Crippen LogP contribution in [0, 0.1) is 25.2 Å². The highest BCUT2D eigenvalue weighted by Gasteiger charge is 2.33. The maximum Gasteiger partial charge on any atom is 0.328 e. The first-order valence-electron chi connectivity index (χ1n) is 10.0. The van der Waals surface area contributed by atoms with Gasteiger partial charge in [-0.2, -0.15) is 0 Å². The van der Waals surface area contributed by atoms with Gasteiger partial charge in [0.05, 0.1) is 18.6 Å². The second kappa shape index (κ2) is 9.79. The lowest BCUT2D eigenvalue weighted by atomic mass is 9.82. The number of terminal acetylenes is 1. The van der Waals surface area contributed by atoms with Crippen molar-refractivity contribution in [2.24, 2.45) is 5.92 Å². The number of aliphatic carboxylic acids is 2. The van der Waals surface area contributed by atoms with Crippen molar-refractivity contribution in [2.45, 2.75) is 32.7 Å². The summed E-state index contributed by atoms with van der Waals surface area (Å²) in [4.78, 5) is 39.7. The molecular formula is C24H23N3O5. The molecule has 1 aliphatic rings. The van der Waals surface area contributed by atoms with Crippen molar-refractivity contribution >= 4 is 28.6 Å². The zero-order chi connectivity index (χ0) is 23.3. The van der Waals surface area contributed by atoms with Crippen LogP contribution >= 0.6 is 0 Å². The molecule has 4 rings (SSSR count). The minimum atomic E-state index is -1.26. The number of nitrogens with one attached hydrogen (secondary N) is 1. The Morgan fingerprint density at radius 1 is 1.28 bits per heavy atom. The van der Waals surface area contributed by atoms with Crippen molar-refractivity contribution in [3.8, 4) is 12.3 Å². The third kappa shape index (κ3) is 4.78. The molecule has 164 valence electrons. The number of aryl methyl sites for hydroxylation is 1. The number of H-pyrrole nitrogens is 1. The molecule has 2 aromatic heterocycles. The summed E-state index contributed by atoms with van der Waals surface area (Å²) in [7, 11) is 0. The number of para-hydroxylation sites is 1. The summed E-state index contributed by atoms with van der Waals surface area (Å²) < 4.78 is 2.12. The number of nitrogens with zero attached hydrogens (tertiary/aromatic N) is 2. The molecule has 2 heterocycles. The fourth-order valence-electron chi connectivity index (χ4n) is 3.97. The van der Waals surface area contributed by atoms with Crippen molar-refractivity contribution in [2.75, 3.05) is 0 Å². The summed E-state index contributed by atoms with van der Waals surface area (Å²) >= 11 is 0. The third-order valence-electron chi connectivity index (χ3n) is 5.42. The van der Waals surface area contributed by atoms with Crippen molar-refractivity contribution in [3.05, 3.63) is 65.4 Å². The molecule has 0 bridgehead atoms. The van der Waals surface area contributed by atoms with E-state index in [9.17, 15) is 14.4 Å². The van der Waals surface area contributed by atoms with Gasteiger partial charge in [-0.25, -0.2) is 14.6 Å². The highest BCUT2D eigenvalue weighted by atomic mass is 16.4. The molecule has 1 unspecified atom stereocenters. The predicted octanol–water partition coefficient (Wildman–Crippen LogP) is 3.01. The van der Waals surface area contributed by atoms with Gasteiger partial charge in [-0.15, -0.1) is 6.42 Å². The van der Waals surface area contributed by atoms with Gasteiger partial charge < -0.3 is 19.8 Å². The van der Waals surface area contributed by atoms with Gasteiger partial charge in [0, 0.05) is 52.3 Å². The molecule has 0 fully saturated rings. The summed E-state index contributed by atoms with van der Waals surface area (Å²) in [5, 5.41) is 16.6. The number of carbonyl (C=O) groups is 3. The van der Waals surface area contributed by atoms with Crippen LogP contribution in [0.25, 0.3) is 10.9 Å². The lowest BCUT2D eigenvalue weighted by Gasteiger charge is -2.22. The van der Waals surface area contributed by atoms with E-state index in [4.69, 9.17) is 16.6 Å². The molecule has 3 aromatic rings. The van der Waals surface area contributed by atoms with E-state index < -0.39 is 11.9 Å². The first kappa shape index (κ1) is 22.6. The van der Waals surface area contributed by atoms with Crippen LogP contribution in [-0.4, -0.2) is 42.5 Å². The normalized spacial score (nSPS) is 15.1. The van der Waals surface area contributed by atoms with Crippen LogP contribution in [0.1, 0.15) is 33.9 Å². The van der Waals surface area contributed by atoms with Crippen molar-refractivity contribution < 1.29 is 24.6 Å². The van der Waals surface area contributed by atoms with Gasteiger partial charge in [0.2, 0.25) is 0 Å². The van der Waals surface area contributed by atoms with Gasteiger partial charge in [-0.05, 0) is 25.8 Å². The molecule has 8 heteroatoms. The summed E-state index contributed by atoms with van der Waals surface area (Å²) in [6.45, 7) is 2.51. The quantitative estimate of drug-likeness (QED) is 0.420. The zero-order valence-electron chi connectivity index (χ0n) is 17.5. The standard InChI is InChI=1S/C20H19N3O.C4H4O4/c1-3-10-23-17-7-5-4-6-15(17)19-18(23)9-8-14(20(19)24)11-16-13(2)21-12-22-16;5-3(6)1-2-4(7)8/h1,4-7,12,14H,8-11H2,2H3,(H,21,22);1-2H,(H,5,6)(H,7,8). The third-order valence-corrected chi connectivity index (χ3v) is 5.42. The molecule has 0 aliphatic heterocycles. The summed E-state index contributed by atoms with van der Waals surface area (Å²) in [6.07, 6.45) is 10.8. The Morgan fingerprint density at radius 3 is 2.56 bits per heavy atom. The van der Waals surface area contributed by atoms with E-state index in [0.29, 0.717) is 25.1 Å². The number of fused-ring (bicyclic) bond motifs is 3. The Hall–Kier alpha value is -4.12. The maximum atomic E-state index is 13.2. The SMILES string of the molecule is C#CCn1c2c(c3ccccc31)C(=O)C(Cc1nc[nH]c1C)CC2.O=C(O)C=CC(=O)O. The van der Waals surface area contributed by atoms with E-state index in [1.807, 2.05) is 31.2 Å². The molecule has 3 N–H and O–H groups in total. The summed E-state index contributed by atoms with van der Waals surface area (Å²) in [6, 6.07) is 8.06.